The van der Waals surface area contributed by atoms with Gasteiger partial charge in [-0.3, -0.25) is 0 Å². The van der Waals surface area contributed by atoms with Gasteiger partial charge in [0, 0.05) is 0 Å². The second-order valence-electron chi connectivity index (χ2n) is 3.48. The summed E-state index contributed by atoms with van der Waals surface area (Å²) in [5.41, 5.74) is 5.71. The molecule has 1 fully saturated rings. The molecule has 1 saturated heterocycles. The first-order valence-electron chi connectivity index (χ1n) is 4.51. The van der Waals surface area contributed by atoms with Crippen molar-refractivity contribution >= 4 is 11.9 Å². The Hall–Kier alpha value is -1.72. The smallest absolute Gasteiger partial charge is 0.348 e. The highest BCUT2D eigenvalue weighted by atomic mass is 16.6. The zero-order chi connectivity index (χ0) is 11.2. The Morgan fingerprint density at radius 2 is 2.13 bits per heavy atom. The first-order chi connectivity index (χ1) is 7.06. The fourth-order valence-corrected chi connectivity index (χ4v) is 1.94. The van der Waals surface area contributed by atoms with Gasteiger partial charge in [-0.1, -0.05) is 0 Å². The summed E-state index contributed by atoms with van der Waals surface area (Å²) < 4.78 is 14.6. The van der Waals surface area contributed by atoms with E-state index in [2.05, 4.69) is 4.74 Å². The van der Waals surface area contributed by atoms with E-state index < -0.39 is 30.1 Å². The van der Waals surface area contributed by atoms with Crippen LogP contribution < -0.4 is 5.73 Å². The second kappa shape index (κ2) is 3.15. The van der Waals surface area contributed by atoms with Crippen molar-refractivity contribution in [1.82, 2.24) is 0 Å². The molecule has 2 aliphatic heterocycles. The van der Waals surface area contributed by atoms with E-state index in [9.17, 15) is 9.59 Å². The molecule has 0 radical (unpaired) electrons. The standard InChI is InChI=1S/C9H11NO5/c1-3-4-5(8(11)13-2)7(10)15-6(4)9(12)14-3/h3-4,6H,10H2,1-2H3/t3-,4-,6-/m1/s1. The van der Waals surface area contributed by atoms with Gasteiger partial charge in [-0.25, -0.2) is 9.59 Å². The molecule has 0 aliphatic carbocycles. The lowest BCUT2D eigenvalue weighted by Gasteiger charge is -2.10. The molecule has 0 saturated carbocycles. The maximum atomic E-state index is 11.4. The molecule has 82 valence electrons. The number of ether oxygens (including phenoxy) is 3. The molecule has 2 heterocycles. The van der Waals surface area contributed by atoms with E-state index in [0.717, 1.165) is 0 Å². The molecule has 15 heavy (non-hydrogen) atoms. The lowest BCUT2D eigenvalue weighted by molar-refractivity contribution is -0.147. The third kappa shape index (κ3) is 1.25. The summed E-state index contributed by atoms with van der Waals surface area (Å²) in [5.74, 6) is -1.56. The minimum absolute atomic E-state index is 0.0413. The minimum atomic E-state index is -0.797. The molecule has 6 heteroatoms. The zero-order valence-electron chi connectivity index (χ0n) is 8.35. The molecule has 6 nitrogen and oxygen atoms in total. The molecule has 2 N–H and O–H groups in total. The largest absolute Gasteiger partial charge is 0.465 e. The Bertz CT molecular complexity index is 362. The van der Waals surface area contributed by atoms with Crippen molar-refractivity contribution in [2.45, 2.75) is 19.1 Å². The highest BCUT2D eigenvalue weighted by Gasteiger charge is 2.53. The fraction of sp³-hybridized carbons (Fsp3) is 0.556. The van der Waals surface area contributed by atoms with Crippen molar-refractivity contribution in [2.24, 2.45) is 11.7 Å². The van der Waals surface area contributed by atoms with E-state index >= 15 is 0 Å². The number of fused-ring (bicyclic) bond motifs is 1. The van der Waals surface area contributed by atoms with Crippen molar-refractivity contribution in [2.75, 3.05) is 7.11 Å². The third-order valence-electron chi connectivity index (χ3n) is 2.62. The van der Waals surface area contributed by atoms with Gasteiger partial charge in [0.05, 0.1) is 13.0 Å². The molecule has 0 bridgehead atoms. The van der Waals surface area contributed by atoms with E-state index in [1.165, 1.54) is 7.11 Å². The number of carbonyl (C=O) groups excluding carboxylic acids is 2. The quantitative estimate of drug-likeness (QED) is 0.579. The van der Waals surface area contributed by atoms with E-state index in [1.54, 1.807) is 6.92 Å². The molecule has 0 aromatic heterocycles. The summed E-state index contributed by atoms with van der Waals surface area (Å²) in [6.07, 6.45) is -1.22. The average Bonchev–Trinajstić information content (AvgIpc) is 2.65. The van der Waals surface area contributed by atoms with Gasteiger partial charge >= 0.3 is 11.9 Å². The van der Waals surface area contributed by atoms with Gasteiger partial charge in [-0.15, -0.1) is 0 Å². The number of esters is 2. The summed E-state index contributed by atoms with van der Waals surface area (Å²) in [7, 11) is 1.25. The normalized spacial score (nSPS) is 33.5. The summed E-state index contributed by atoms with van der Waals surface area (Å²) in [6.45, 7) is 1.69. The molecule has 0 aromatic carbocycles. The van der Waals surface area contributed by atoms with Crippen LogP contribution in [-0.2, 0) is 23.8 Å². The topological polar surface area (TPSA) is 87.9 Å². The Balaban J connectivity index is 2.35. The number of nitrogens with two attached hydrogens (primary N) is 1. The first kappa shape index (κ1) is 9.82. The number of carbonyl (C=O) groups is 2. The molecule has 3 atom stereocenters. The number of hydrogen-bond donors (Lipinski definition) is 1. The third-order valence-corrected chi connectivity index (χ3v) is 2.62. The summed E-state index contributed by atoms with van der Waals surface area (Å²) >= 11 is 0. The molecule has 2 aliphatic rings. The van der Waals surface area contributed by atoms with Crippen LogP contribution in [0.5, 0.6) is 0 Å². The SMILES string of the molecule is COC(=O)C1=C(N)O[C@H]2C(=O)O[C@H](C)[C@H]12. The number of methoxy groups -OCH3 is 1. The van der Waals surface area contributed by atoms with Crippen LogP contribution in [0.1, 0.15) is 6.92 Å². The van der Waals surface area contributed by atoms with Gasteiger partial charge in [-0.2, -0.15) is 0 Å². The maximum absolute atomic E-state index is 11.4. The lowest BCUT2D eigenvalue weighted by Crippen LogP contribution is -2.25. The van der Waals surface area contributed by atoms with Crippen LogP contribution >= 0.6 is 0 Å². The Labute approximate surface area is 86.0 Å². The monoisotopic (exact) mass is 213 g/mol. The van der Waals surface area contributed by atoms with Crippen LogP contribution in [0.15, 0.2) is 11.5 Å². The Morgan fingerprint density at radius 1 is 1.47 bits per heavy atom. The fourth-order valence-electron chi connectivity index (χ4n) is 1.94. The van der Waals surface area contributed by atoms with Gasteiger partial charge in [0.15, 0.2) is 5.88 Å². The molecule has 0 amide bonds. The van der Waals surface area contributed by atoms with Crippen LogP contribution in [0.4, 0.5) is 0 Å². The number of hydrogen-bond acceptors (Lipinski definition) is 6. The van der Waals surface area contributed by atoms with Gasteiger partial charge in [0.1, 0.15) is 11.7 Å². The summed E-state index contributed by atoms with van der Waals surface area (Å²) in [4.78, 5) is 22.7. The molecule has 0 spiro atoms. The Kier molecular flexibility index (Phi) is 2.06. The van der Waals surface area contributed by atoms with Crippen LogP contribution in [0.25, 0.3) is 0 Å². The van der Waals surface area contributed by atoms with E-state index in [-0.39, 0.29) is 11.5 Å². The van der Waals surface area contributed by atoms with E-state index in [0.29, 0.717) is 0 Å². The van der Waals surface area contributed by atoms with Crippen molar-refractivity contribution < 1.29 is 23.8 Å². The van der Waals surface area contributed by atoms with Crippen molar-refractivity contribution in [3.05, 3.63) is 11.5 Å². The predicted octanol–water partition coefficient (Wildman–Crippen LogP) is -0.710. The highest BCUT2D eigenvalue weighted by molar-refractivity contribution is 5.93. The highest BCUT2D eigenvalue weighted by Crippen LogP contribution is 2.38. The van der Waals surface area contributed by atoms with Crippen LogP contribution in [0.3, 0.4) is 0 Å². The molecule has 2 rings (SSSR count). The number of rotatable bonds is 1. The second-order valence-corrected chi connectivity index (χ2v) is 3.48. The van der Waals surface area contributed by atoms with Gasteiger partial charge in [0.25, 0.3) is 0 Å². The van der Waals surface area contributed by atoms with Crippen LogP contribution in [-0.4, -0.2) is 31.3 Å². The van der Waals surface area contributed by atoms with Crippen LogP contribution in [0, 0.1) is 5.92 Å². The lowest BCUT2D eigenvalue weighted by atomic mass is 9.93. The zero-order valence-corrected chi connectivity index (χ0v) is 8.35. The minimum Gasteiger partial charge on any atom is -0.465 e. The van der Waals surface area contributed by atoms with E-state index in [4.69, 9.17) is 15.2 Å². The van der Waals surface area contributed by atoms with Gasteiger partial charge < -0.3 is 19.9 Å². The molecule has 0 unspecified atom stereocenters. The average molecular weight is 213 g/mol. The van der Waals surface area contributed by atoms with Crippen molar-refractivity contribution in [3.8, 4) is 0 Å². The first-order valence-corrected chi connectivity index (χ1v) is 4.51. The number of cyclic esters (lactones) is 1. The van der Waals surface area contributed by atoms with Crippen molar-refractivity contribution in [3.63, 3.8) is 0 Å². The van der Waals surface area contributed by atoms with Gasteiger partial charge in [0.2, 0.25) is 6.10 Å². The summed E-state index contributed by atoms with van der Waals surface area (Å²) in [6, 6.07) is 0. The van der Waals surface area contributed by atoms with E-state index in [1.807, 2.05) is 0 Å². The molecular formula is C9H11NO5. The molecule has 0 aromatic rings. The summed E-state index contributed by atoms with van der Waals surface area (Å²) in [5, 5.41) is 0. The Morgan fingerprint density at radius 3 is 2.73 bits per heavy atom. The predicted molar refractivity (Wildman–Crippen MR) is 47.1 cm³/mol. The van der Waals surface area contributed by atoms with Gasteiger partial charge in [-0.05, 0) is 6.92 Å². The van der Waals surface area contributed by atoms with Crippen LogP contribution in [0.2, 0.25) is 0 Å². The molecular weight excluding hydrogens is 202 g/mol. The maximum Gasteiger partial charge on any atom is 0.348 e. The van der Waals surface area contributed by atoms with Crippen molar-refractivity contribution in [1.29, 1.82) is 0 Å².